The van der Waals surface area contributed by atoms with Crippen molar-refractivity contribution in [3.63, 3.8) is 0 Å². The molecule has 0 saturated carbocycles. The minimum atomic E-state index is 0.658. The lowest BCUT2D eigenvalue weighted by atomic mass is 10.0. The third-order valence-electron chi connectivity index (χ3n) is 7.02. The summed E-state index contributed by atoms with van der Waals surface area (Å²) in [5, 5.41) is 5.62. The molecule has 3 heterocycles. The summed E-state index contributed by atoms with van der Waals surface area (Å²) in [6.07, 6.45) is 0. The molecular weight excluding hydrogens is 442 g/mol. The summed E-state index contributed by atoms with van der Waals surface area (Å²) in [5.41, 5.74) is 6.73. The smallest absolute Gasteiger partial charge is 0.235 e. The summed E-state index contributed by atoms with van der Waals surface area (Å²) < 4.78 is 8.36. The first-order valence-corrected chi connectivity index (χ1v) is 12.0. The molecule has 0 spiro atoms. The highest BCUT2D eigenvalue weighted by atomic mass is 16.3. The Morgan fingerprint density at radius 1 is 0.500 bits per heavy atom. The molecule has 0 radical (unpaired) electrons. The number of hydrogen-bond donors (Lipinski definition) is 0. The van der Waals surface area contributed by atoms with Gasteiger partial charge in [-0.25, -0.2) is 9.97 Å². The molecule has 3 aromatic heterocycles. The molecule has 0 atom stereocenters. The summed E-state index contributed by atoms with van der Waals surface area (Å²) in [4.78, 5) is 10.2. The van der Waals surface area contributed by atoms with Crippen LogP contribution >= 0.6 is 0 Å². The van der Waals surface area contributed by atoms with E-state index in [0.29, 0.717) is 5.95 Å². The fourth-order valence-electron chi connectivity index (χ4n) is 5.40. The van der Waals surface area contributed by atoms with Crippen LogP contribution in [0, 0.1) is 0 Å². The Balaban J connectivity index is 1.44. The van der Waals surface area contributed by atoms with Gasteiger partial charge in [-0.1, -0.05) is 78.9 Å². The van der Waals surface area contributed by atoms with Crippen LogP contribution in [0.15, 0.2) is 120 Å². The molecule has 0 amide bonds. The van der Waals surface area contributed by atoms with E-state index in [0.717, 1.165) is 55.1 Å². The molecule has 4 nitrogen and oxygen atoms in total. The number of rotatable bonds is 2. The lowest BCUT2D eigenvalue weighted by Gasteiger charge is -2.11. The molecular formula is C32H19N3O. The molecule has 0 aliphatic rings. The maximum Gasteiger partial charge on any atom is 0.235 e. The largest absolute Gasteiger partial charge is 0.456 e. The van der Waals surface area contributed by atoms with Gasteiger partial charge in [0.1, 0.15) is 11.2 Å². The monoisotopic (exact) mass is 461 g/mol. The lowest BCUT2D eigenvalue weighted by Crippen LogP contribution is -2.03. The molecule has 0 aliphatic heterocycles. The van der Waals surface area contributed by atoms with Gasteiger partial charge in [-0.05, 0) is 36.4 Å². The third-order valence-corrected chi connectivity index (χ3v) is 7.02. The van der Waals surface area contributed by atoms with Crippen LogP contribution in [0.3, 0.4) is 0 Å². The van der Waals surface area contributed by atoms with Crippen LogP contribution in [0.25, 0.3) is 71.9 Å². The van der Waals surface area contributed by atoms with Crippen molar-refractivity contribution in [3.8, 4) is 17.2 Å². The Morgan fingerprint density at radius 2 is 1.11 bits per heavy atom. The average molecular weight is 462 g/mol. The van der Waals surface area contributed by atoms with Gasteiger partial charge in [0.15, 0.2) is 0 Å². The molecule has 36 heavy (non-hydrogen) atoms. The number of benzene rings is 5. The summed E-state index contributed by atoms with van der Waals surface area (Å²) >= 11 is 0. The van der Waals surface area contributed by atoms with Gasteiger partial charge in [0, 0.05) is 32.5 Å². The zero-order chi connectivity index (χ0) is 23.6. The van der Waals surface area contributed by atoms with Crippen LogP contribution in [-0.4, -0.2) is 14.5 Å². The highest BCUT2D eigenvalue weighted by Gasteiger charge is 2.17. The first-order valence-electron chi connectivity index (χ1n) is 12.0. The summed E-state index contributed by atoms with van der Waals surface area (Å²) in [5.74, 6) is 0.658. The topological polar surface area (TPSA) is 43.9 Å². The minimum absolute atomic E-state index is 0.658. The van der Waals surface area contributed by atoms with Crippen molar-refractivity contribution < 1.29 is 4.42 Å². The summed E-state index contributed by atoms with van der Waals surface area (Å²) in [6, 6.07) is 39.6. The Kier molecular flexibility index (Phi) is 3.91. The van der Waals surface area contributed by atoms with Gasteiger partial charge in [0.2, 0.25) is 5.95 Å². The molecule has 0 aliphatic carbocycles. The van der Waals surface area contributed by atoms with Crippen molar-refractivity contribution in [2.24, 2.45) is 0 Å². The second kappa shape index (κ2) is 7.27. The van der Waals surface area contributed by atoms with E-state index in [2.05, 4.69) is 89.5 Å². The molecule has 0 unspecified atom stereocenters. The number of fused-ring (bicyclic) bond motifs is 7. The third kappa shape index (κ3) is 2.70. The van der Waals surface area contributed by atoms with Crippen LogP contribution < -0.4 is 0 Å². The highest BCUT2D eigenvalue weighted by Crippen LogP contribution is 2.36. The molecule has 168 valence electrons. The van der Waals surface area contributed by atoms with Crippen LogP contribution in [0.4, 0.5) is 0 Å². The van der Waals surface area contributed by atoms with E-state index in [-0.39, 0.29) is 0 Å². The number of nitrogens with zero attached hydrogens (tertiary/aromatic N) is 3. The van der Waals surface area contributed by atoms with Crippen molar-refractivity contribution in [3.05, 3.63) is 115 Å². The Bertz CT molecular complexity index is 2060. The Labute approximate surface area is 206 Å². The molecule has 8 aromatic rings. The lowest BCUT2D eigenvalue weighted by molar-refractivity contribution is 0.669. The number of para-hydroxylation sites is 4. The van der Waals surface area contributed by atoms with E-state index in [1.807, 2.05) is 30.3 Å². The SMILES string of the molecule is c1ccc2c(-c3ccc4c(c3)oc3ccccc34)nc(-n3c4ccccc4c4ccccc43)nc2c1. The predicted molar refractivity (Wildman–Crippen MR) is 147 cm³/mol. The molecule has 0 saturated heterocycles. The number of aromatic nitrogens is 3. The van der Waals surface area contributed by atoms with Gasteiger partial charge in [-0.15, -0.1) is 0 Å². The second-order valence-corrected chi connectivity index (χ2v) is 9.07. The fourth-order valence-corrected chi connectivity index (χ4v) is 5.40. The van der Waals surface area contributed by atoms with Crippen molar-refractivity contribution in [2.75, 3.05) is 0 Å². The van der Waals surface area contributed by atoms with E-state index in [9.17, 15) is 0 Å². The van der Waals surface area contributed by atoms with Gasteiger partial charge in [0.05, 0.1) is 22.2 Å². The quantitative estimate of drug-likeness (QED) is 0.260. The highest BCUT2D eigenvalue weighted by molar-refractivity contribution is 6.09. The predicted octanol–water partition coefficient (Wildman–Crippen LogP) is 8.29. The van der Waals surface area contributed by atoms with E-state index in [1.165, 1.54) is 10.8 Å². The maximum absolute atomic E-state index is 6.20. The Hall–Kier alpha value is -4.96. The molecule has 0 fully saturated rings. The summed E-state index contributed by atoms with van der Waals surface area (Å²) in [7, 11) is 0. The van der Waals surface area contributed by atoms with Crippen LogP contribution in [0.5, 0.6) is 0 Å². The van der Waals surface area contributed by atoms with E-state index in [1.54, 1.807) is 0 Å². The number of hydrogen-bond acceptors (Lipinski definition) is 3. The second-order valence-electron chi connectivity index (χ2n) is 9.07. The molecule has 5 aromatic carbocycles. The standard InChI is InChI=1S/C32H19N3O/c1-5-13-26-25(12-1)31(20-17-18-24-23-11-4-8-16-29(23)36-30(24)19-20)34-32(33-26)35-27-14-6-2-9-21(27)22-10-3-7-15-28(22)35/h1-19H. The van der Waals surface area contributed by atoms with Crippen LogP contribution in [0.1, 0.15) is 0 Å². The molecule has 4 heteroatoms. The fraction of sp³-hybridized carbons (Fsp3) is 0. The van der Waals surface area contributed by atoms with Gasteiger partial charge in [0.25, 0.3) is 0 Å². The van der Waals surface area contributed by atoms with Gasteiger partial charge in [-0.3, -0.25) is 4.57 Å². The van der Waals surface area contributed by atoms with Gasteiger partial charge in [-0.2, -0.15) is 0 Å². The molecule has 0 N–H and O–H groups in total. The summed E-state index contributed by atoms with van der Waals surface area (Å²) in [6.45, 7) is 0. The van der Waals surface area contributed by atoms with Crippen molar-refractivity contribution in [1.82, 2.24) is 14.5 Å². The normalized spacial score (nSPS) is 11.9. The van der Waals surface area contributed by atoms with E-state index in [4.69, 9.17) is 14.4 Å². The van der Waals surface area contributed by atoms with Gasteiger partial charge >= 0.3 is 0 Å². The Morgan fingerprint density at radius 3 is 1.89 bits per heavy atom. The van der Waals surface area contributed by atoms with Crippen molar-refractivity contribution >= 4 is 54.6 Å². The molecule has 8 rings (SSSR count). The maximum atomic E-state index is 6.20. The molecule has 0 bridgehead atoms. The average Bonchev–Trinajstić information content (AvgIpc) is 3.48. The van der Waals surface area contributed by atoms with Crippen LogP contribution in [0.2, 0.25) is 0 Å². The van der Waals surface area contributed by atoms with Gasteiger partial charge < -0.3 is 4.42 Å². The zero-order valence-electron chi connectivity index (χ0n) is 19.2. The zero-order valence-corrected chi connectivity index (χ0v) is 19.2. The first kappa shape index (κ1) is 19.4. The van der Waals surface area contributed by atoms with Crippen molar-refractivity contribution in [2.45, 2.75) is 0 Å². The van der Waals surface area contributed by atoms with E-state index < -0.39 is 0 Å². The van der Waals surface area contributed by atoms with Crippen LogP contribution in [-0.2, 0) is 0 Å². The number of furan rings is 1. The minimum Gasteiger partial charge on any atom is -0.456 e. The first-order chi connectivity index (χ1) is 17.8. The van der Waals surface area contributed by atoms with E-state index >= 15 is 0 Å². The van der Waals surface area contributed by atoms with Crippen molar-refractivity contribution in [1.29, 1.82) is 0 Å².